The minimum Gasteiger partial charge on any atom is -0.494 e. The Kier molecular flexibility index (Phi) is 7.32. The fraction of sp³-hybridized carbons (Fsp3) is 0.333. The van der Waals surface area contributed by atoms with Crippen molar-refractivity contribution in [1.82, 2.24) is 9.29 Å². The molecule has 5 rings (SSSR count). The van der Waals surface area contributed by atoms with Crippen molar-refractivity contribution in [2.24, 2.45) is 0 Å². The summed E-state index contributed by atoms with van der Waals surface area (Å²) in [6.45, 7) is 3.23. The lowest BCUT2D eigenvalue weighted by molar-refractivity contribution is 0.0983. The Hall–Kier alpha value is -3.21. The van der Waals surface area contributed by atoms with Crippen molar-refractivity contribution in [1.29, 1.82) is 0 Å². The number of ether oxygens (including phenoxy) is 1. The third-order valence-corrected chi connectivity index (χ3v) is 9.71. The third-order valence-electron chi connectivity index (χ3n) is 6.59. The zero-order valence-corrected chi connectivity index (χ0v) is 22.5. The molecule has 1 aliphatic rings. The third kappa shape index (κ3) is 5.14. The number of methoxy groups -OCH3 is 1. The average molecular weight is 540 g/mol. The van der Waals surface area contributed by atoms with E-state index in [0.29, 0.717) is 40.8 Å². The van der Waals surface area contributed by atoms with Crippen LogP contribution in [0.2, 0.25) is 0 Å². The highest BCUT2D eigenvalue weighted by Gasteiger charge is 2.27. The average Bonchev–Trinajstić information content (AvgIpc) is 3.51. The van der Waals surface area contributed by atoms with E-state index in [0.717, 1.165) is 35.9 Å². The standard InChI is InChI=1S/C27H29N3O5S2/c1-19-9-14-23(34-2)24-25(19)36-27(28-24)30(18-21-8-7-17-35-21)26(31)20-10-12-22(13-11-20)37(32,33)29-15-5-3-4-6-16-29/h7-14,17H,3-6,15-16,18H2,1-2H3. The van der Waals surface area contributed by atoms with Gasteiger partial charge in [-0.1, -0.05) is 30.2 Å². The Bertz CT molecular complexity index is 1490. The summed E-state index contributed by atoms with van der Waals surface area (Å²) in [6.07, 6.45) is 5.38. The van der Waals surface area contributed by atoms with Crippen LogP contribution >= 0.6 is 11.3 Å². The summed E-state index contributed by atoms with van der Waals surface area (Å²) >= 11 is 1.40. The normalized spacial score (nSPS) is 15.0. The topological polar surface area (TPSA) is 92.9 Å². The maximum absolute atomic E-state index is 13.8. The molecule has 1 amide bonds. The summed E-state index contributed by atoms with van der Waals surface area (Å²) in [7, 11) is -2.01. The monoisotopic (exact) mass is 539 g/mol. The van der Waals surface area contributed by atoms with Gasteiger partial charge in [0.2, 0.25) is 10.0 Å². The molecule has 8 nitrogen and oxygen atoms in total. The summed E-state index contributed by atoms with van der Waals surface area (Å²) in [6, 6.07) is 13.6. The number of fused-ring (bicyclic) bond motifs is 1. The number of carbonyl (C=O) groups is 1. The van der Waals surface area contributed by atoms with E-state index in [1.807, 2.05) is 19.1 Å². The predicted octanol–water partition coefficient (Wildman–Crippen LogP) is 5.62. The van der Waals surface area contributed by atoms with Gasteiger partial charge in [0.05, 0.1) is 29.5 Å². The van der Waals surface area contributed by atoms with Gasteiger partial charge in [0, 0.05) is 18.7 Å². The lowest BCUT2D eigenvalue weighted by Crippen LogP contribution is -2.32. The quantitative estimate of drug-likeness (QED) is 0.303. The molecule has 0 unspecified atom stereocenters. The van der Waals surface area contributed by atoms with Crippen LogP contribution in [0, 0.1) is 6.92 Å². The summed E-state index contributed by atoms with van der Waals surface area (Å²) < 4.78 is 39.9. The molecule has 0 radical (unpaired) electrons. The summed E-state index contributed by atoms with van der Waals surface area (Å²) in [4.78, 5) is 20.3. The second-order valence-electron chi connectivity index (χ2n) is 9.07. The number of anilines is 1. The molecule has 194 valence electrons. The maximum Gasteiger partial charge on any atom is 0.260 e. The number of rotatable bonds is 7. The van der Waals surface area contributed by atoms with Gasteiger partial charge >= 0.3 is 0 Å². The first-order valence-electron chi connectivity index (χ1n) is 12.3. The molecule has 4 aromatic rings. The molecule has 1 fully saturated rings. The Morgan fingerprint density at radius 2 is 1.81 bits per heavy atom. The summed E-state index contributed by atoms with van der Waals surface area (Å²) in [5.41, 5.74) is 2.09. The largest absolute Gasteiger partial charge is 0.494 e. The van der Waals surface area contributed by atoms with Crippen molar-refractivity contribution in [3.8, 4) is 5.75 Å². The van der Waals surface area contributed by atoms with Gasteiger partial charge in [-0.2, -0.15) is 4.31 Å². The zero-order valence-electron chi connectivity index (χ0n) is 20.8. The van der Waals surface area contributed by atoms with E-state index in [4.69, 9.17) is 14.1 Å². The smallest absolute Gasteiger partial charge is 0.260 e. The van der Waals surface area contributed by atoms with Crippen LogP contribution < -0.4 is 9.64 Å². The highest BCUT2D eigenvalue weighted by atomic mass is 32.2. The molecule has 1 saturated heterocycles. The molecule has 37 heavy (non-hydrogen) atoms. The highest BCUT2D eigenvalue weighted by molar-refractivity contribution is 7.89. The van der Waals surface area contributed by atoms with E-state index in [9.17, 15) is 13.2 Å². The Morgan fingerprint density at radius 1 is 1.08 bits per heavy atom. The minimum atomic E-state index is -3.60. The van der Waals surface area contributed by atoms with Gasteiger partial charge in [0.15, 0.2) is 5.13 Å². The molecule has 2 aromatic carbocycles. The minimum absolute atomic E-state index is 0.181. The molecule has 1 aliphatic heterocycles. The predicted molar refractivity (Wildman–Crippen MR) is 144 cm³/mol. The van der Waals surface area contributed by atoms with E-state index in [2.05, 4.69) is 0 Å². The van der Waals surface area contributed by atoms with Crippen LogP contribution in [0.5, 0.6) is 5.75 Å². The number of sulfonamides is 1. The number of thiazole rings is 1. The summed E-state index contributed by atoms with van der Waals surface area (Å²) in [5.74, 6) is 0.944. The van der Waals surface area contributed by atoms with Crippen molar-refractivity contribution in [2.45, 2.75) is 44.0 Å². The number of hydrogen-bond donors (Lipinski definition) is 0. The number of furan rings is 1. The van der Waals surface area contributed by atoms with Crippen LogP contribution in [0.15, 0.2) is 64.1 Å². The van der Waals surface area contributed by atoms with Crippen molar-refractivity contribution in [3.05, 3.63) is 71.7 Å². The van der Waals surface area contributed by atoms with Crippen molar-refractivity contribution < 1.29 is 22.4 Å². The van der Waals surface area contributed by atoms with Gasteiger partial charge in [-0.05, 0) is 67.8 Å². The fourth-order valence-electron chi connectivity index (χ4n) is 4.52. The molecule has 2 aromatic heterocycles. The number of aromatic nitrogens is 1. The Balaban J connectivity index is 1.48. The summed E-state index contributed by atoms with van der Waals surface area (Å²) in [5, 5.41) is 0.505. The van der Waals surface area contributed by atoms with Gasteiger partial charge < -0.3 is 9.15 Å². The molecule has 0 spiro atoms. The Morgan fingerprint density at radius 3 is 2.46 bits per heavy atom. The lowest BCUT2D eigenvalue weighted by atomic mass is 10.2. The van der Waals surface area contributed by atoms with Gasteiger partial charge in [-0.15, -0.1) is 0 Å². The van der Waals surface area contributed by atoms with Crippen LogP contribution in [0.25, 0.3) is 10.2 Å². The van der Waals surface area contributed by atoms with Gasteiger partial charge in [0.25, 0.3) is 5.91 Å². The van der Waals surface area contributed by atoms with Crippen molar-refractivity contribution >= 4 is 42.6 Å². The molecule has 0 bridgehead atoms. The highest BCUT2D eigenvalue weighted by Crippen LogP contribution is 2.37. The van der Waals surface area contributed by atoms with Crippen LogP contribution in [-0.2, 0) is 16.6 Å². The molecule has 0 aliphatic carbocycles. The number of carbonyl (C=O) groups excluding carboxylic acids is 1. The van der Waals surface area contributed by atoms with Gasteiger partial charge in [-0.3, -0.25) is 9.69 Å². The molecule has 3 heterocycles. The number of aryl methyl sites for hydroxylation is 1. The molecule has 0 N–H and O–H groups in total. The Labute approximate surface area is 220 Å². The lowest BCUT2D eigenvalue weighted by Gasteiger charge is -2.21. The molecule has 0 saturated carbocycles. The molecule has 0 atom stereocenters. The van der Waals surface area contributed by atoms with Crippen LogP contribution in [0.1, 0.15) is 47.4 Å². The van der Waals surface area contributed by atoms with E-state index < -0.39 is 10.0 Å². The SMILES string of the molecule is COc1ccc(C)c2sc(N(Cc3ccco3)C(=O)c3ccc(S(=O)(=O)N4CCCCCC4)cc3)nc12. The van der Waals surface area contributed by atoms with Gasteiger partial charge in [0.1, 0.15) is 17.0 Å². The van der Waals surface area contributed by atoms with Crippen molar-refractivity contribution in [2.75, 3.05) is 25.1 Å². The number of amides is 1. The van der Waals surface area contributed by atoms with Crippen LogP contribution in [-0.4, -0.2) is 43.8 Å². The van der Waals surface area contributed by atoms with E-state index in [1.54, 1.807) is 46.8 Å². The molecular weight excluding hydrogens is 510 g/mol. The zero-order chi connectivity index (χ0) is 26.0. The maximum atomic E-state index is 13.8. The van der Waals surface area contributed by atoms with E-state index in [-0.39, 0.29) is 17.3 Å². The number of benzene rings is 2. The van der Waals surface area contributed by atoms with Gasteiger partial charge in [-0.25, -0.2) is 13.4 Å². The van der Waals surface area contributed by atoms with Crippen LogP contribution in [0.4, 0.5) is 5.13 Å². The molecule has 10 heteroatoms. The second-order valence-corrected chi connectivity index (χ2v) is 12.0. The van der Waals surface area contributed by atoms with E-state index >= 15 is 0 Å². The second kappa shape index (κ2) is 10.6. The fourth-order valence-corrected chi connectivity index (χ4v) is 7.09. The first-order chi connectivity index (χ1) is 17.9. The van der Waals surface area contributed by atoms with Crippen molar-refractivity contribution in [3.63, 3.8) is 0 Å². The molecular formula is C27H29N3O5S2. The van der Waals surface area contributed by atoms with Crippen LogP contribution in [0.3, 0.4) is 0 Å². The number of hydrogen-bond acceptors (Lipinski definition) is 7. The van der Waals surface area contributed by atoms with E-state index in [1.165, 1.54) is 23.5 Å². The first kappa shape index (κ1) is 25.4. The number of nitrogens with zero attached hydrogens (tertiary/aromatic N) is 3. The first-order valence-corrected chi connectivity index (χ1v) is 14.5.